The number of carbonyl (C=O) groups excluding carboxylic acids is 4. The van der Waals surface area contributed by atoms with Crippen LogP contribution in [0.2, 0.25) is 0 Å². The maximum Gasteiger partial charge on any atom is 0.312 e. The predicted molar refractivity (Wildman–Crippen MR) is 121 cm³/mol. The summed E-state index contributed by atoms with van der Waals surface area (Å²) in [6, 6.07) is 12.7. The molecule has 2 aromatic carbocycles. The van der Waals surface area contributed by atoms with Gasteiger partial charge in [0.25, 0.3) is 5.91 Å². The molecule has 0 fully saturated rings. The zero-order valence-electron chi connectivity index (χ0n) is 18.4. The molecule has 0 saturated heterocycles. The summed E-state index contributed by atoms with van der Waals surface area (Å²) in [7, 11) is 0. The predicted octanol–water partition coefficient (Wildman–Crippen LogP) is 2.10. The van der Waals surface area contributed by atoms with Gasteiger partial charge in [-0.1, -0.05) is 36.4 Å². The molecule has 0 spiro atoms. The van der Waals surface area contributed by atoms with Crippen molar-refractivity contribution in [1.29, 1.82) is 0 Å². The van der Waals surface area contributed by atoms with Gasteiger partial charge in [-0.2, -0.15) is 0 Å². The number of nitrogens with zero attached hydrogens (tertiary/aromatic N) is 1. The molecule has 0 saturated carbocycles. The summed E-state index contributed by atoms with van der Waals surface area (Å²) in [5.41, 5.74) is 7.00. The molecule has 1 heterocycles. The minimum Gasteiger partial charge on any atom is -0.466 e. The monoisotopic (exact) mass is 451 g/mol. The minimum absolute atomic E-state index is 0.0250. The van der Waals surface area contributed by atoms with Crippen LogP contribution in [0.3, 0.4) is 0 Å². The average molecular weight is 451 g/mol. The summed E-state index contributed by atoms with van der Waals surface area (Å²) in [5.74, 6) is -4.50. The molecule has 3 rings (SSSR count). The first-order valence-corrected chi connectivity index (χ1v) is 10.6. The van der Waals surface area contributed by atoms with Crippen molar-refractivity contribution in [2.24, 2.45) is 11.7 Å². The Morgan fingerprint density at radius 3 is 1.97 bits per heavy atom. The second-order valence-corrected chi connectivity index (χ2v) is 7.24. The molecule has 172 valence electrons. The van der Waals surface area contributed by atoms with E-state index in [9.17, 15) is 19.2 Å². The van der Waals surface area contributed by atoms with Crippen LogP contribution in [-0.2, 0) is 23.9 Å². The number of fused-ring (bicyclic) bond motifs is 2. The number of benzene rings is 2. The summed E-state index contributed by atoms with van der Waals surface area (Å²) < 4.78 is 9.94. The van der Waals surface area contributed by atoms with Crippen molar-refractivity contribution < 1.29 is 28.7 Å². The number of hydrogen-bond acceptors (Lipinski definition) is 7. The third kappa shape index (κ3) is 5.25. The fourth-order valence-electron chi connectivity index (χ4n) is 3.65. The Bertz CT molecular complexity index is 1160. The summed E-state index contributed by atoms with van der Waals surface area (Å²) in [6.45, 7) is 3.32. The number of aromatic nitrogens is 1. The van der Waals surface area contributed by atoms with Crippen molar-refractivity contribution in [3.63, 3.8) is 0 Å². The van der Waals surface area contributed by atoms with Gasteiger partial charge in [0.1, 0.15) is 6.04 Å². The van der Waals surface area contributed by atoms with Crippen LogP contribution in [0.5, 0.6) is 0 Å². The fraction of sp³-hybridized carbons (Fsp3) is 0.292. The highest BCUT2D eigenvalue weighted by atomic mass is 16.5. The Labute approximate surface area is 190 Å². The lowest BCUT2D eigenvalue weighted by Crippen LogP contribution is -2.52. The van der Waals surface area contributed by atoms with Gasteiger partial charge < -0.3 is 20.5 Å². The first-order chi connectivity index (χ1) is 15.9. The molecule has 1 aromatic heterocycles. The number of primary amides is 1. The van der Waals surface area contributed by atoms with E-state index < -0.39 is 42.1 Å². The largest absolute Gasteiger partial charge is 0.466 e. The Balaban J connectivity index is 2.04. The zero-order chi connectivity index (χ0) is 24.0. The Morgan fingerprint density at radius 2 is 1.45 bits per heavy atom. The normalized spacial score (nSPS) is 12.7. The van der Waals surface area contributed by atoms with Crippen LogP contribution in [0.1, 0.15) is 30.6 Å². The van der Waals surface area contributed by atoms with Crippen molar-refractivity contribution >= 4 is 45.6 Å². The van der Waals surface area contributed by atoms with E-state index in [1.165, 1.54) is 0 Å². The van der Waals surface area contributed by atoms with Gasteiger partial charge in [-0.25, -0.2) is 4.98 Å². The van der Waals surface area contributed by atoms with Gasteiger partial charge in [0.2, 0.25) is 5.91 Å². The second-order valence-electron chi connectivity index (χ2n) is 7.24. The molecule has 33 heavy (non-hydrogen) atoms. The van der Waals surface area contributed by atoms with Crippen LogP contribution in [0, 0.1) is 5.92 Å². The van der Waals surface area contributed by atoms with Gasteiger partial charge in [-0.15, -0.1) is 0 Å². The standard InChI is InChI=1S/C24H25N3O6/c1-3-32-19(28)13-16(24(31)33-4-2)21(22(25)29)27-23(30)20-14-9-5-7-11-17(14)26-18-12-8-6-10-15(18)20/h5-12,16,21H,3-4,13H2,1-2H3,(H2,25,29)(H,27,30)/t16-,21+/m0/s1. The molecular formula is C24H25N3O6. The van der Waals surface area contributed by atoms with E-state index in [0.29, 0.717) is 21.8 Å². The van der Waals surface area contributed by atoms with Gasteiger partial charge in [-0.05, 0) is 26.0 Å². The van der Waals surface area contributed by atoms with Crippen LogP contribution in [0.4, 0.5) is 0 Å². The van der Waals surface area contributed by atoms with E-state index in [1.807, 2.05) is 0 Å². The van der Waals surface area contributed by atoms with Crippen LogP contribution >= 0.6 is 0 Å². The molecule has 0 aliphatic heterocycles. The molecule has 0 bridgehead atoms. The van der Waals surface area contributed by atoms with E-state index in [1.54, 1.807) is 62.4 Å². The van der Waals surface area contributed by atoms with Crippen LogP contribution in [-0.4, -0.2) is 48.0 Å². The summed E-state index contributed by atoms with van der Waals surface area (Å²) in [5, 5.41) is 3.68. The molecule has 3 aromatic rings. The number of para-hydroxylation sites is 2. The highest BCUT2D eigenvalue weighted by Gasteiger charge is 2.37. The number of pyridine rings is 1. The van der Waals surface area contributed by atoms with Crippen molar-refractivity contribution in [2.45, 2.75) is 26.3 Å². The molecule has 2 atom stereocenters. The molecule has 3 N–H and O–H groups in total. The molecule has 0 unspecified atom stereocenters. The number of nitrogens with two attached hydrogens (primary N) is 1. The van der Waals surface area contributed by atoms with E-state index in [4.69, 9.17) is 15.2 Å². The maximum absolute atomic E-state index is 13.5. The molecule has 0 aliphatic rings. The summed E-state index contributed by atoms with van der Waals surface area (Å²) >= 11 is 0. The number of hydrogen-bond donors (Lipinski definition) is 2. The lowest BCUT2D eigenvalue weighted by atomic mass is 9.94. The molecule has 2 amide bonds. The van der Waals surface area contributed by atoms with E-state index in [0.717, 1.165) is 0 Å². The van der Waals surface area contributed by atoms with Gasteiger partial charge in [-0.3, -0.25) is 19.2 Å². The summed E-state index contributed by atoms with van der Waals surface area (Å²) in [6.07, 6.45) is -0.474. The fourth-order valence-corrected chi connectivity index (χ4v) is 3.65. The van der Waals surface area contributed by atoms with Crippen molar-refractivity contribution in [3.8, 4) is 0 Å². The SMILES string of the molecule is CCOC(=O)C[C@H](C(=O)OCC)[C@@H](NC(=O)c1c2ccccc2nc2ccccc12)C(N)=O. The molecule has 0 aliphatic carbocycles. The van der Waals surface area contributed by atoms with Crippen LogP contribution < -0.4 is 11.1 Å². The first kappa shape index (κ1) is 23.6. The number of amides is 2. The third-order valence-electron chi connectivity index (χ3n) is 5.09. The first-order valence-electron chi connectivity index (χ1n) is 10.6. The topological polar surface area (TPSA) is 138 Å². The Kier molecular flexibility index (Phi) is 7.55. The zero-order valence-corrected chi connectivity index (χ0v) is 18.4. The second kappa shape index (κ2) is 10.5. The molecular weight excluding hydrogens is 426 g/mol. The molecule has 0 radical (unpaired) electrons. The van der Waals surface area contributed by atoms with Crippen LogP contribution in [0.25, 0.3) is 21.8 Å². The lowest BCUT2D eigenvalue weighted by Gasteiger charge is -2.24. The van der Waals surface area contributed by atoms with Gasteiger partial charge in [0.05, 0.1) is 42.1 Å². The minimum atomic E-state index is -1.49. The van der Waals surface area contributed by atoms with E-state index >= 15 is 0 Å². The average Bonchev–Trinajstić information content (AvgIpc) is 2.79. The smallest absolute Gasteiger partial charge is 0.312 e. The Hall–Kier alpha value is -4.01. The van der Waals surface area contributed by atoms with E-state index in [2.05, 4.69) is 10.3 Å². The van der Waals surface area contributed by atoms with Gasteiger partial charge >= 0.3 is 11.9 Å². The number of ether oxygens (including phenoxy) is 2. The maximum atomic E-state index is 13.5. The number of nitrogens with one attached hydrogen (secondary N) is 1. The third-order valence-corrected chi connectivity index (χ3v) is 5.09. The highest BCUT2D eigenvalue weighted by molar-refractivity contribution is 6.17. The molecule has 9 nitrogen and oxygen atoms in total. The molecule has 9 heteroatoms. The van der Waals surface area contributed by atoms with E-state index in [-0.39, 0.29) is 18.8 Å². The summed E-state index contributed by atoms with van der Waals surface area (Å²) in [4.78, 5) is 55.0. The quantitative estimate of drug-likeness (QED) is 0.375. The Morgan fingerprint density at radius 1 is 0.909 bits per heavy atom. The van der Waals surface area contributed by atoms with Crippen molar-refractivity contribution in [2.75, 3.05) is 13.2 Å². The number of esters is 2. The van der Waals surface area contributed by atoms with Gasteiger partial charge in [0.15, 0.2) is 0 Å². The highest BCUT2D eigenvalue weighted by Crippen LogP contribution is 2.26. The number of rotatable bonds is 9. The lowest BCUT2D eigenvalue weighted by molar-refractivity contribution is -0.156. The van der Waals surface area contributed by atoms with Crippen LogP contribution in [0.15, 0.2) is 48.5 Å². The van der Waals surface area contributed by atoms with Crippen molar-refractivity contribution in [1.82, 2.24) is 10.3 Å². The number of carbonyl (C=O) groups is 4. The van der Waals surface area contributed by atoms with Crippen molar-refractivity contribution in [3.05, 3.63) is 54.1 Å². The van der Waals surface area contributed by atoms with Gasteiger partial charge in [0, 0.05) is 10.8 Å².